The molecule has 2 fully saturated rings. The van der Waals surface area contributed by atoms with E-state index in [1.165, 1.54) is 4.90 Å². The summed E-state index contributed by atoms with van der Waals surface area (Å²) in [6.07, 6.45) is -4.34. The Kier molecular flexibility index (Phi) is 7.33. The minimum Gasteiger partial charge on any atom is -0.387 e. The van der Waals surface area contributed by atoms with Gasteiger partial charge in [-0.25, -0.2) is 4.79 Å². The molecule has 0 spiro atoms. The third-order valence-electron chi connectivity index (χ3n) is 6.38. The van der Waals surface area contributed by atoms with E-state index < -0.39 is 65.6 Å². The lowest BCUT2D eigenvalue weighted by atomic mass is 10.0. The van der Waals surface area contributed by atoms with E-state index in [1.807, 2.05) is 4.98 Å². The molecule has 3 heterocycles. The summed E-state index contributed by atoms with van der Waals surface area (Å²) < 4.78 is 6.34. The van der Waals surface area contributed by atoms with Crippen LogP contribution in [0.15, 0.2) is 52.2 Å². The van der Waals surface area contributed by atoms with E-state index in [0.717, 1.165) is 22.4 Å². The number of aromatic amines is 1. The van der Waals surface area contributed by atoms with Crippen molar-refractivity contribution >= 4 is 17.7 Å². The van der Waals surface area contributed by atoms with Crippen LogP contribution in [0.25, 0.3) is 0 Å². The summed E-state index contributed by atoms with van der Waals surface area (Å²) in [7, 11) is 0. The standard InChI is InChI=1S/C23H27N5O8/c24-19(32)14-7-4-9-27(14)21(34)13(11-12-5-2-1-3-6-12)25-20(33)18-16(30)17(31)22(36-18)28-10-8-15(29)26-23(28)35/h1-3,5-6,8,10,13-14,16-18,22,30-31H,4,7,9,11H2,(H2,24,32)(H,25,33)(H,26,29,35)/t13-,14+,16+,17-,18+,22-/m1/s1. The number of aliphatic hydroxyl groups excluding tert-OH is 2. The smallest absolute Gasteiger partial charge is 0.330 e. The Hall–Kier alpha value is -3.81. The molecule has 2 aliphatic heterocycles. The first-order valence-electron chi connectivity index (χ1n) is 11.4. The van der Waals surface area contributed by atoms with E-state index >= 15 is 0 Å². The van der Waals surface area contributed by atoms with Crippen molar-refractivity contribution in [2.24, 2.45) is 5.73 Å². The number of H-pyrrole nitrogens is 1. The second-order valence-corrected chi connectivity index (χ2v) is 8.79. The number of likely N-dealkylation sites (tertiary alicyclic amines) is 1. The highest BCUT2D eigenvalue weighted by Gasteiger charge is 2.48. The zero-order valence-electron chi connectivity index (χ0n) is 19.1. The molecule has 0 radical (unpaired) electrons. The quantitative estimate of drug-likeness (QED) is 0.271. The molecule has 13 heteroatoms. The van der Waals surface area contributed by atoms with Crippen LogP contribution in [0.5, 0.6) is 0 Å². The van der Waals surface area contributed by atoms with Crippen molar-refractivity contribution in [1.82, 2.24) is 19.8 Å². The van der Waals surface area contributed by atoms with Crippen molar-refractivity contribution in [1.29, 1.82) is 0 Å². The SMILES string of the molecule is NC(=O)[C@@H]1CCCN1C(=O)[C@@H](Cc1ccccc1)NC(=O)[C@H]1O[C@@H](n2ccc(=O)[nH]c2=O)[C@H](O)[C@@H]1O. The van der Waals surface area contributed by atoms with Gasteiger partial charge in [-0.2, -0.15) is 0 Å². The van der Waals surface area contributed by atoms with Crippen molar-refractivity contribution in [2.75, 3.05) is 6.54 Å². The van der Waals surface area contributed by atoms with E-state index in [4.69, 9.17) is 10.5 Å². The van der Waals surface area contributed by atoms with Crippen molar-refractivity contribution in [3.63, 3.8) is 0 Å². The first-order chi connectivity index (χ1) is 17.2. The van der Waals surface area contributed by atoms with E-state index in [-0.39, 0.29) is 6.42 Å². The van der Waals surface area contributed by atoms with Crippen molar-refractivity contribution in [3.8, 4) is 0 Å². The van der Waals surface area contributed by atoms with Crippen LogP contribution in [0, 0.1) is 0 Å². The van der Waals surface area contributed by atoms with Gasteiger partial charge in [0, 0.05) is 25.2 Å². The first kappa shape index (κ1) is 25.3. The lowest BCUT2D eigenvalue weighted by Crippen LogP contribution is -2.56. The molecule has 0 saturated carbocycles. The van der Waals surface area contributed by atoms with Gasteiger partial charge in [0.2, 0.25) is 11.8 Å². The second kappa shape index (κ2) is 10.4. The van der Waals surface area contributed by atoms with Gasteiger partial charge in [-0.05, 0) is 18.4 Å². The third kappa shape index (κ3) is 5.08. The number of aromatic nitrogens is 2. The zero-order chi connectivity index (χ0) is 26.0. The molecule has 2 aliphatic rings. The number of nitrogens with two attached hydrogens (primary N) is 1. The predicted molar refractivity (Wildman–Crippen MR) is 123 cm³/mol. The molecule has 0 unspecified atom stereocenters. The number of amides is 3. The largest absolute Gasteiger partial charge is 0.387 e. The van der Waals surface area contributed by atoms with Gasteiger partial charge >= 0.3 is 5.69 Å². The molecule has 0 aliphatic carbocycles. The number of hydrogen-bond donors (Lipinski definition) is 5. The number of primary amides is 1. The topological polar surface area (TPSA) is 197 Å². The van der Waals surface area contributed by atoms with Crippen molar-refractivity contribution in [3.05, 3.63) is 69.0 Å². The number of ether oxygens (including phenoxy) is 1. The molecule has 6 atom stereocenters. The Morgan fingerprint density at radius 3 is 2.53 bits per heavy atom. The van der Waals surface area contributed by atoms with Gasteiger partial charge in [0.1, 0.15) is 24.3 Å². The minimum absolute atomic E-state index is 0.0849. The molecular formula is C23H27N5O8. The highest BCUT2D eigenvalue weighted by Crippen LogP contribution is 2.28. The van der Waals surface area contributed by atoms with Gasteiger partial charge in [0.25, 0.3) is 11.5 Å². The monoisotopic (exact) mass is 501 g/mol. The Morgan fingerprint density at radius 1 is 1.14 bits per heavy atom. The van der Waals surface area contributed by atoms with Crippen LogP contribution in [0.3, 0.4) is 0 Å². The minimum atomic E-state index is -1.73. The molecule has 2 saturated heterocycles. The molecule has 4 rings (SSSR count). The van der Waals surface area contributed by atoms with E-state index in [1.54, 1.807) is 30.3 Å². The van der Waals surface area contributed by atoms with E-state index in [0.29, 0.717) is 19.4 Å². The fourth-order valence-electron chi connectivity index (χ4n) is 4.56. The Bertz CT molecular complexity index is 1240. The summed E-state index contributed by atoms with van der Waals surface area (Å²) in [6, 6.07) is 7.99. The Labute approximate surface area is 204 Å². The predicted octanol–water partition coefficient (Wildman–Crippen LogP) is -2.64. The molecule has 1 aromatic carbocycles. The fourth-order valence-corrected chi connectivity index (χ4v) is 4.56. The molecule has 2 aromatic rings. The summed E-state index contributed by atoms with van der Waals surface area (Å²) in [6.45, 7) is 0.298. The normalized spacial score (nSPS) is 26.5. The van der Waals surface area contributed by atoms with Gasteiger partial charge in [-0.1, -0.05) is 30.3 Å². The van der Waals surface area contributed by atoms with Crippen molar-refractivity contribution < 1.29 is 29.3 Å². The number of carbonyl (C=O) groups excluding carboxylic acids is 3. The maximum atomic E-state index is 13.4. The van der Waals surface area contributed by atoms with Crippen LogP contribution in [0.1, 0.15) is 24.6 Å². The molecule has 6 N–H and O–H groups in total. The number of hydrogen-bond acceptors (Lipinski definition) is 8. The van der Waals surface area contributed by atoms with Crippen LogP contribution in [-0.2, 0) is 25.5 Å². The zero-order valence-corrected chi connectivity index (χ0v) is 19.1. The number of nitrogens with zero attached hydrogens (tertiary/aromatic N) is 2. The second-order valence-electron chi connectivity index (χ2n) is 8.79. The highest BCUT2D eigenvalue weighted by molar-refractivity contribution is 5.93. The van der Waals surface area contributed by atoms with E-state index in [9.17, 15) is 34.2 Å². The lowest BCUT2D eigenvalue weighted by molar-refractivity contribution is -0.145. The lowest BCUT2D eigenvalue weighted by Gasteiger charge is -2.28. The molecular weight excluding hydrogens is 474 g/mol. The summed E-state index contributed by atoms with van der Waals surface area (Å²) in [5.41, 5.74) is 4.62. The molecule has 0 bridgehead atoms. The van der Waals surface area contributed by atoms with Gasteiger partial charge in [0.05, 0.1) is 0 Å². The van der Waals surface area contributed by atoms with Crippen LogP contribution < -0.4 is 22.3 Å². The Balaban J connectivity index is 1.55. The number of rotatable bonds is 7. The number of benzene rings is 1. The molecule has 3 amide bonds. The maximum absolute atomic E-state index is 13.4. The van der Waals surface area contributed by atoms with Gasteiger partial charge in [0.15, 0.2) is 12.3 Å². The Morgan fingerprint density at radius 2 is 1.86 bits per heavy atom. The summed E-state index contributed by atoms with van der Waals surface area (Å²) >= 11 is 0. The summed E-state index contributed by atoms with van der Waals surface area (Å²) in [4.78, 5) is 65.1. The van der Waals surface area contributed by atoms with Crippen LogP contribution >= 0.6 is 0 Å². The van der Waals surface area contributed by atoms with Gasteiger partial charge in [-0.3, -0.25) is 28.7 Å². The van der Waals surface area contributed by atoms with E-state index in [2.05, 4.69) is 5.32 Å². The molecule has 1 aromatic heterocycles. The summed E-state index contributed by atoms with van der Waals surface area (Å²) in [5.74, 6) is -2.06. The average Bonchev–Trinajstić information content (AvgIpc) is 3.45. The molecule has 36 heavy (non-hydrogen) atoms. The van der Waals surface area contributed by atoms with Crippen molar-refractivity contribution in [2.45, 2.75) is 55.9 Å². The van der Waals surface area contributed by atoms with Crippen LogP contribution in [-0.4, -0.2) is 79.3 Å². The van der Waals surface area contributed by atoms with Crippen LogP contribution in [0.2, 0.25) is 0 Å². The summed E-state index contributed by atoms with van der Waals surface area (Å²) in [5, 5.41) is 23.5. The number of aliphatic hydroxyl groups is 2. The molecule has 192 valence electrons. The molecule has 13 nitrogen and oxygen atoms in total. The fraction of sp³-hybridized carbons (Fsp3) is 0.435. The first-order valence-corrected chi connectivity index (χ1v) is 11.4. The highest BCUT2D eigenvalue weighted by atomic mass is 16.6. The number of nitrogens with one attached hydrogen (secondary N) is 2. The third-order valence-corrected chi connectivity index (χ3v) is 6.38. The average molecular weight is 501 g/mol. The van der Waals surface area contributed by atoms with Gasteiger partial charge < -0.3 is 30.9 Å². The maximum Gasteiger partial charge on any atom is 0.330 e. The van der Waals surface area contributed by atoms with Crippen LogP contribution in [0.4, 0.5) is 0 Å². The number of carbonyl (C=O) groups is 3. The van der Waals surface area contributed by atoms with Gasteiger partial charge in [-0.15, -0.1) is 0 Å².